The van der Waals surface area contributed by atoms with Crippen LogP contribution in [0.4, 0.5) is 10.1 Å². The predicted octanol–water partition coefficient (Wildman–Crippen LogP) is 2.84. The SMILES string of the molecule is Cc1ccc(S(=O)(=O)Nc2ccccc2F)cc1C(=O)NCC1CCCO1. The number of sulfonamides is 1. The van der Waals surface area contributed by atoms with Crippen LogP contribution in [0, 0.1) is 12.7 Å². The third-order valence-corrected chi connectivity index (χ3v) is 5.76. The molecule has 0 spiro atoms. The number of ether oxygens (including phenoxy) is 1. The van der Waals surface area contributed by atoms with Crippen molar-refractivity contribution in [2.75, 3.05) is 17.9 Å². The third-order valence-electron chi connectivity index (χ3n) is 4.40. The van der Waals surface area contributed by atoms with E-state index < -0.39 is 15.8 Å². The van der Waals surface area contributed by atoms with Gasteiger partial charge in [0.15, 0.2) is 0 Å². The number of nitrogens with one attached hydrogen (secondary N) is 2. The molecule has 8 heteroatoms. The van der Waals surface area contributed by atoms with Crippen LogP contribution in [0.3, 0.4) is 0 Å². The molecule has 0 radical (unpaired) electrons. The van der Waals surface area contributed by atoms with Gasteiger partial charge in [0.2, 0.25) is 0 Å². The molecule has 2 N–H and O–H groups in total. The van der Waals surface area contributed by atoms with E-state index >= 15 is 0 Å². The van der Waals surface area contributed by atoms with Gasteiger partial charge in [-0.15, -0.1) is 0 Å². The molecule has 3 rings (SSSR count). The first-order valence-electron chi connectivity index (χ1n) is 8.64. The number of halogens is 1. The molecule has 1 amide bonds. The predicted molar refractivity (Wildman–Crippen MR) is 99.7 cm³/mol. The normalized spacial score (nSPS) is 16.9. The summed E-state index contributed by atoms with van der Waals surface area (Å²) in [6.45, 7) is 2.79. The van der Waals surface area contributed by atoms with Crippen molar-refractivity contribution in [3.05, 3.63) is 59.4 Å². The van der Waals surface area contributed by atoms with Gasteiger partial charge in [0.25, 0.3) is 15.9 Å². The van der Waals surface area contributed by atoms with Gasteiger partial charge in [-0.3, -0.25) is 9.52 Å². The minimum atomic E-state index is -4.03. The van der Waals surface area contributed by atoms with Gasteiger partial charge < -0.3 is 10.1 Å². The average Bonchev–Trinajstić information content (AvgIpc) is 3.15. The lowest BCUT2D eigenvalue weighted by Crippen LogP contribution is -2.32. The van der Waals surface area contributed by atoms with Crippen LogP contribution in [0.25, 0.3) is 0 Å². The molecule has 27 heavy (non-hydrogen) atoms. The van der Waals surface area contributed by atoms with Crippen molar-refractivity contribution < 1.29 is 22.3 Å². The smallest absolute Gasteiger partial charge is 0.262 e. The van der Waals surface area contributed by atoms with E-state index in [0.717, 1.165) is 18.9 Å². The number of amides is 1. The first-order valence-corrected chi connectivity index (χ1v) is 10.1. The molecule has 0 aliphatic carbocycles. The minimum Gasteiger partial charge on any atom is -0.376 e. The molecule has 0 aromatic heterocycles. The number of benzene rings is 2. The zero-order chi connectivity index (χ0) is 19.4. The quantitative estimate of drug-likeness (QED) is 0.792. The van der Waals surface area contributed by atoms with Gasteiger partial charge in [-0.25, -0.2) is 12.8 Å². The third kappa shape index (κ3) is 4.64. The van der Waals surface area contributed by atoms with Crippen molar-refractivity contribution >= 4 is 21.6 Å². The Morgan fingerprint density at radius 2 is 2.04 bits per heavy atom. The fraction of sp³-hybridized carbons (Fsp3) is 0.316. The molecule has 0 bridgehead atoms. The highest BCUT2D eigenvalue weighted by atomic mass is 32.2. The molecular weight excluding hydrogens is 371 g/mol. The largest absolute Gasteiger partial charge is 0.376 e. The number of aryl methyl sites for hydroxylation is 1. The van der Waals surface area contributed by atoms with Gasteiger partial charge in [-0.05, 0) is 49.6 Å². The monoisotopic (exact) mass is 392 g/mol. The Morgan fingerprint density at radius 1 is 1.26 bits per heavy atom. The summed E-state index contributed by atoms with van der Waals surface area (Å²) in [5.74, 6) is -1.05. The van der Waals surface area contributed by atoms with E-state index in [2.05, 4.69) is 10.0 Å². The van der Waals surface area contributed by atoms with Crippen LogP contribution in [-0.2, 0) is 14.8 Å². The number of anilines is 1. The fourth-order valence-electron chi connectivity index (χ4n) is 2.87. The summed E-state index contributed by atoms with van der Waals surface area (Å²) in [6.07, 6.45) is 1.85. The molecular formula is C19H21FN2O4S. The number of carbonyl (C=O) groups excluding carboxylic acids is 1. The fourth-order valence-corrected chi connectivity index (χ4v) is 3.96. The molecule has 1 unspecified atom stereocenters. The van der Waals surface area contributed by atoms with E-state index in [0.29, 0.717) is 18.7 Å². The second kappa shape index (κ2) is 8.06. The Morgan fingerprint density at radius 3 is 2.74 bits per heavy atom. The van der Waals surface area contributed by atoms with Crippen LogP contribution in [0.5, 0.6) is 0 Å². The Bertz CT molecular complexity index is 940. The molecule has 2 aromatic carbocycles. The van der Waals surface area contributed by atoms with Crippen LogP contribution in [-0.4, -0.2) is 33.6 Å². The molecule has 1 fully saturated rings. The first-order chi connectivity index (χ1) is 12.9. The van der Waals surface area contributed by atoms with Crippen molar-refractivity contribution in [3.63, 3.8) is 0 Å². The summed E-state index contributed by atoms with van der Waals surface area (Å²) in [5, 5.41) is 2.78. The Kier molecular flexibility index (Phi) is 5.76. The lowest BCUT2D eigenvalue weighted by atomic mass is 10.1. The minimum absolute atomic E-state index is 0.0103. The van der Waals surface area contributed by atoms with Gasteiger partial charge in [-0.2, -0.15) is 0 Å². The topological polar surface area (TPSA) is 84.5 Å². The second-order valence-electron chi connectivity index (χ2n) is 6.41. The molecule has 2 aromatic rings. The van der Waals surface area contributed by atoms with E-state index in [1.165, 1.54) is 30.3 Å². The van der Waals surface area contributed by atoms with Gasteiger partial charge in [0, 0.05) is 18.7 Å². The van der Waals surface area contributed by atoms with Crippen molar-refractivity contribution in [2.24, 2.45) is 0 Å². The van der Waals surface area contributed by atoms with Crippen LogP contribution < -0.4 is 10.0 Å². The maximum atomic E-state index is 13.8. The van der Waals surface area contributed by atoms with Crippen LogP contribution in [0.1, 0.15) is 28.8 Å². The molecule has 0 saturated carbocycles. The summed E-state index contributed by atoms with van der Waals surface area (Å²) in [5.41, 5.74) is 0.747. The summed E-state index contributed by atoms with van der Waals surface area (Å²) in [7, 11) is -4.03. The number of rotatable bonds is 6. The summed E-state index contributed by atoms with van der Waals surface area (Å²) in [4.78, 5) is 12.4. The number of hydrogen-bond donors (Lipinski definition) is 2. The van der Waals surface area contributed by atoms with Crippen molar-refractivity contribution in [3.8, 4) is 0 Å². The summed E-state index contributed by atoms with van der Waals surface area (Å²) < 4.78 is 46.6. The molecule has 6 nitrogen and oxygen atoms in total. The highest BCUT2D eigenvalue weighted by Gasteiger charge is 2.21. The lowest BCUT2D eigenvalue weighted by Gasteiger charge is -2.14. The number of para-hydroxylation sites is 1. The van der Waals surface area contributed by atoms with E-state index in [1.807, 2.05) is 0 Å². The Hall–Kier alpha value is -2.45. The van der Waals surface area contributed by atoms with Gasteiger partial charge in [-0.1, -0.05) is 18.2 Å². The van der Waals surface area contributed by atoms with Gasteiger partial charge >= 0.3 is 0 Å². The molecule has 1 saturated heterocycles. The van der Waals surface area contributed by atoms with Gasteiger partial charge in [0.05, 0.1) is 16.7 Å². The van der Waals surface area contributed by atoms with Crippen LogP contribution >= 0.6 is 0 Å². The van der Waals surface area contributed by atoms with Crippen molar-refractivity contribution in [1.82, 2.24) is 5.32 Å². The molecule has 1 aliphatic rings. The summed E-state index contributed by atoms with van der Waals surface area (Å²) in [6, 6.07) is 9.72. The van der Waals surface area contributed by atoms with E-state index in [1.54, 1.807) is 13.0 Å². The van der Waals surface area contributed by atoms with E-state index in [9.17, 15) is 17.6 Å². The van der Waals surface area contributed by atoms with Crippen molar-refractivity contribution in [1.29, 1.82) is 0 Å². The maximum absolute atomic E-state index is 13.8. The maximum Gasteiger partial charge on any atom is 0.262 e. The molecule has 1 atom stereocenters. The molecule has 144 valence electrons. The number of carbonyl (C=O) groups is 1. The highest BCUT2D eigenvalue weighted by Crippen LogP contribution is 2.21. The standard InChI is InChI=1S/C19H21FN2O4S/c1-13-8-9-15(27(24,25)22-18-7-3-2-6-17(18)20)11-16(13)19(23)21-12-14-5-4-10-26-14/h2-3,6-9,11,14,22H,4-5,10,12H2,1H3,(H,21,23). The Balaban J connectivity index is 1.79. The average molecular weight is 392 g/mol. The molecule has 1 heterocycles. The second-order valence-corrected chi connectivity index (χ2v) is 8.09. The molecule has 1 aliphatic heterocycles. The zero-order valence-corrected chi connectivity index (χ0v) is 15.7. The van der Waals surface area contributed by atoms with E-state index in [4.69, 9.17) is 4.74 Å². The van der Waals surface area contributed by atoms with Crippen LogP contribution in [0.15, 0.2) is 47.4 Å². The highest BCUT2D eigenvalue weighted by molar-refractivity contribution is 7.92. The van der Waals surface area contributed by atoms with Gasteiger partial charge in [0.1, 0.15) is 5.82 Å². The van der Waals surface area contributed by atoms with E-state index in [-0.39, 0.29) is 28.2 Å². The first kappa shape index (κ1) is 19.3. The lowest BCUT2D eigenvalue weighted by molar-refractivity contribution is 0.0857. The number of hydrogen-bond acceptors (Lipinski definition) is 4. The van der Waals surface area contributed by atoms with Crippen molar-refractivity contribution in [2.45, 2.75) is 30.8 Å². The zero-order valence-electron chi connectivity index (χ0n) is 14.9. The summed E-state index contributed by atoms with van der Waals surface area (Å²) >= 11 is 0. The Labute approximate surface area is 157 Å². The van der Waals surface area contributed by atoms with Crippen LogP contribution in [0.2, 0.25) is 0 Å².